The smallest absolute Gasteiger partial charge is 0.227 e. The maximum atomic E-state index is 5.68. The van der Waals surface area contributed by atoms with Crippen molar-refractivity contribution < 1.29 is 4.74 Å². The third kappa shape index (κ3) is 2.41. The van der Waals surface area contributed by atoms with Gasteiger partial charge in [-0.2, -0.15) is 4.98 Å². The molecule has 2 N–H and O–H groups in total. The largest absolute Gasteiger partial charge is 0.437 e. The molecule has 1 aromatic carbocycles. The fraction of sp³-hybridized carbons (Fsp3) is 0.0909. The molecule has 0 aliphatic rings. The van der Waals surface area contributed by atoms with Gasteiger partial charge in [0.05, 0.1) is 3.57 Å². The number of aromatic nitrogens is 2. The van der Waals surface area contributed by atoms with Gasteiger partial charge in [0, 0.05) is 11.8 Å². The maximum absolute atomic E-state index is 5.68. The Labute approximate surface area is 107 Å². The van der Waals surface area contributed by atoms with E-state index in [0.29, 0.717) is 5.88 Å². The van der Waals surface area contributed by atoms with Crippen molar-refractivity contribution in [2.45, 2.75) is 6.92 Å². The third-order valence-electron chi connectivity index (χ3n) is 1.99. The topological polar surface area (TPSA) is 61.0 Å². The van der Waals surface area contributed by atoms with Gasteiger partial charge in [-0.25, -0.2) is 4.98 Å². The summed E-state index contributed by atoms with van der Waals surface area (Å²) < 4.78 is 6.71. The summed E-state index contributed by atoms with van der Waals surface area (Å²) in [5.41, 5.74) is 6.37. The molecule has 0 spiro atoms. The SMILES string of the molecule is Cc1cnc(N)nc1Oc1ccccc1I. The fourth-order valence-electron chi connectivity index (χ4n) is 1.17. The number of nitrogen functional groups attached to an aromatic ring is 1. The second-order valence-electron chi connectivity index (χ2n) is 3.25. The molecule has 0 aliphatic carbocycles. The minimum atomic E-state index is 0.214. The summed E-state index contributed by atoms with van der Waals surface area (Å²) in [5, 5.41) is 0. The lowest BCUT2D eigenvalue weighted by Crippen LogP contribution is -1.99. The van der Waals surface area contributed by atoms with Crippen LogP contribution in [0, 0.1) is 10.5 Å². The van der Waals surface area contributed by atoms with E-state index in [1.807, 2.05) is 31.2 Å². The van der Waals surface area contributed by atoms with Gasteiger partial charge in [0.15, 0.2) is 0 Å². The van der Waals surface area contributed by atoms with E-state index in [0.717, 1.165) is 14.9 Å². The first kappa shape index (κ1) is 11.1. The molecule has 0 saturated carbocycles. The molecule has 1 heterocycles. The molecule has 4 nitrogen and oxygen atoms in total. The predicted molar refractivity (Wildman–Crippen MR) is 70.4 cm³/mol. The van der Waals surface area contributed by atoms with Crippen LogP contribution in [0.15, 0.2) is 30.5 Å². The van der Waals surface area contributed by atoms with Crippen molar-refractivity contribution in [1.29, 1.82) is 0 Å². The van der Waals surface area contributed by atoms with Crippen molar-refractivity contribution >= 4 is 28.5 Å². The van der Waals surface area contributed by atoms with Crippen LogP contribution in [0.3, 0.4) is 0 Å². The van der Waals surface area contributed by atoms with E-state index in [4.69, 9.17) is 10.5 Å². The molecule has 0 amide bonds. The monoisotopic (exact) mass is 327 g/mol. The van der Waals surface area contributed by atoms with E-state index in [2.05, 4.69) is 32.6 Å². The highest BCUT2D eigenvalue weighted by Gasteiger charge is 2.06. The summed E-state index contributed by atoms with van der Waals surface area (Å²) in [6.45, 7) is 1.88. The van der Waals surface area contributed by atoms with Crippen LogP contribution < -0.4 is 10.5 Å². The Hall–Kier alpha value is -1.37. The van der Waals surface area contributed by atoms with Crippen molar-refractivity contribution in [3.8, 4) is 11.6 Å². The lowest BCUT2D eigenvalue weighted by atomic mass is 10.3. The minimum absolute atomic E-state index is 0.214. The standard InChI is InChI=1S/C11H10IN3O/c1-7-6-14-11(13)15-10(7)16-9-5-3-2-4-8(9)12/h2-6H,1H3,(H2,13,14,15). The van der Waals surface area contributed by atoms with E-state index in [1.165, 1.54) is 0 Å². The normalized spacial score (nSPS) is 10.1. The van der Waals surface area contributed by atoms with Gasteiger partial charge in [0.25, 0.3) is 0 Å². The van der Waals surface area contributed by atoms with Crippen LogP contribution in [0.5, 0.6) is 11.6 Å². The van der Waals surface area contributed by atoms with E-state index in [9.17, 15) is 0 Å². The molecule has 5 heteroatoms. The van der Waals surface area contributed by atoms with Crippen molar-refractivity contribution in [2.75, 3.05) is 5.73 Å². The second kappa shape index (κ2) is 4.65. The molecular formula is C11H10IN3O. The third-order valence-corrected chi connectivity index (χ3v) is 2.88. The first-order valence-electron chi connectivity index (χ1n) is 4.68. The number of hydrogen-bond acceptors (Lipinski definition) is 4. The van der Waals surface area contributed by atoms with Gasteiger partial charge in [-0.15, -0.1) is 0 Å². The number of anilines is 1. The molecule has 82 valence electrons. The summed E-state index contributed by atoms with van der Waals surface area (Å²) in [4.78, 5) is 7.94. The number of benzene rings is 1. The number of nitrogens with two attached hydrogens (primary N) is 1. The molecule has 0 unspecified atom stereocenters. The van der Waals surface area contributed by atoms with Crippen molar-refractivity contribution in [3.63, 3.8) is 0 Å². The van der Waals surface area contributed by atoms with Gasteiger partial charge in [-0.05, 0) is 41.6 Å². The number of hydrogen-bond donors (Lipinski definition) is 1. The molecule has 0 radical (unpaired) electrons. The first-order chi connectivity index (χ1) is 7.66. The number of rotatable bonds is 2. The molecule has 2 aromatic rings. The van der Waals surface area contributed by atoms with Crippen LogP contribution in [-0.2, 0) is 0 Å². The number of halogens is 1. The number of nitrogens with zero attached hydrogens (tertiary/aromatic N) is 2. The number of ether oxygens (including phenoxy) is 1. The second-order valence-corrected chi connectivity index (χ2v) is 4.41. The van der Waals surface area contributed by atoms with Crippen LogP contribution in [0.1, 0.15) is 5.56 Å². The van der Waals surface area contributed by atoms with Gasteiger partial charge in [-0.3, -0.25) is 0 Å². The average molecular weight is 327 g/mol. The highest BCUT2D eigenvalue weighted by atomic mass is 127. The first-order valence-corrected chi connectivity index (χ1v) is 5.76. The van der Waals surface area contributed by atoms with E-state index >= 15 is 0 Å². The van der Waals surface area contributed by atoms with E-state index < -0.39 is 0 Å². The molecule has 0 bridgehead atoms. The Morgan fingerprint density at radius 3 is 2.81 bits per heavy atom. The molecule has 2 rings (SSSR count). The van der Waals surface area contributed by atoms with Crippen LogP contribution in [0.2, 0.25) is 0 Å². The van der Waals surface area contributed by atoms with Gasteiger partial charge >= 0.3 is 0 Å². The van der Waals surface area contributed by atoms with E-state index in [-0.39, 0.29) is 5.95 Å². The molecule has 16 heavy (non-hydrogen) atoms. The van der Waals surface area contributed by atoms with Crippen LogP contribution in [0.4, 0.5) is 5.95 Å². The molecule has 0 aliphatic heterocycles. The highest BCUT2D eigenvalue weighted by Crippen LogP contribution is 2.26. The zero-order chi connectivity index (χ0) is 11.5. The number of para-hydroxylation sites is 1. The van der Waals surface area contributed by atoms with Crippen molar-refractivity contribution in [3.05, 3.63) is 39.6 Å². The summed E-state index contributed by atoms with van der Waals surface area (Å²) in [5.74, 6) is 1.48. The molecule has 0 atom stereocenters. The Balaban J connectivity index is 2.34. The van der Waals surface area contributed by atoms with Gasteiger partial charge in [0.2, 0.25) is 11.8 Å². The zero-order valence-electron chi connectivity index (χ0n) is 8.64. The summed E-state index contributed by atoms with van der Waals surface area (Å²) in [7, 11) is 0. The highest BCUT2D eigenvalue weighted by molar-refractivity contribution is 14.1. The zero-order valence-corrected chi connectivity index (χ0v) is 10.8. The summed E-state index contributed by atoms with van der Waals surface area (Å²) >= 11 is 2.21. The van der Waals surface area contributed by atoms with E-state index in [1.54, 1.807) is 6.20 Å². The molecule has 0 saturated heterocycles. The summed E-state index contributed by atoms with van der Waals surface area (Å²) in [6.07, 6.45) is 1.65. The van der Waals surface area contributed by atoms with Crippen molar-refractivity contribution in [1.82, 2.24) is 9.97 Å². The molecule has 0 fully saturated rings. The summed E-state index contributed by atoms with van der Waals surface area (Å²) in [6, 6.07) is 7.72. The van der Waals surface area contributed by atoms with Crippen LogP contribution in [0.25, 0.3) is 0 Å². The lowest BCUT2D eigenvalue weighted by Gasteiger charge is -2.08. The molecule has 1 aromatic heterocycles. The fourth-order valence-corrected chi connectivity index (χ4v) is 1.67. The van der Waals surface area contributed by atoms with Gasteiger partial charge in [-0.1, -0.05) is 12.1 Å². The Morgan fingerprint density at radius 2 is 2.06 bits per heavy atom. The van der Waals surface area contributed by atoms with Gasteiger partial charge in [0.1, 0.15) is 5.75 Å². The Kier molecular flexibility index (Phi) is 3.23. The quantitative estimate of drug-likeness (QED) is 0.862. The maximum Gasteiger partial charge on any atom is 0.227 e. The van der Waals surface area contributed by atoms with Gasteiger partial charge < -0.3 is 10.5 Å². The van der Waals surface area contributed by atoms with Crippen LogP contribution >= 0.6 is 22.6 Å². The molecular weight excluding hydrogens is 317 g/mol. The average Bonchev–Trinajstić information content (AvgIpc) is 2.27. The lowest BCUT2D eigenvalue weighted by molar-refractivity contribution is 0.455. The Bertz CT molecular complexity index is 516. The van der Waals surface area contributed by atoms with Crippen LogP contribution in [-0.4, -0.2) is 9.97 Å². The minimum Gasteiger partial charge on any atom is -0.437 e. The predicted octanol–water partition coefficient (Wildman–Crippen LogP) is 2.76. The Morgan fingerprint density at radius 1 is 1.31 bits per heavy atom. The number of aryl methyl sites for hydroxylation is 1. The van der Waals surface area contributed by atoms with Crippen molar-refractivity contribution in [2.24, 2.45) is 0 Å².